The molecule has 1 rings (SSSR count). The predicted molar refractivity (Wildman–Crippen MR) is 59.6 cm³/mol. The van der Waals surface area contributed by atoms with E-state index in [2.05, 4.69) is 5.32 Å². The first kappa shape index (κ1) is 16.6. The van der Waals surface area contributed by atoms with Crippen LogP contribution in [0.4, 0.5) is 26.3 Å². The molecule has 7 heteroatoms. The van der Waals surface area contributed by atoms with Crippen molar-refractivity contribution in [1.82, 2.24) is 5.32 Å². The molecule has 0 heterocycles. The lowest BCUT2D eigenvalue weighted by molar-refractivity contribution is -0.292. The first-order valence-electron chi connectivity index (χ1n) is 6.53. The van der Waals surface area contributed by atoms with Crippen molar-refractivity contribution < 1.29 is 26.3 Å². The molecule has 0 amide bonds. The maximum Gasteiger partial charge on any atom is 0.401 e. The van der Waals surface area contributed by atoms with Gasteiger partial charge in [-0.3, -0.25) is 0 Å². The molecule has 19 heavy (non-hydrogen) atoms. The van der Waals surface area contributed by atoms with Crippen LogP contribution in [0, 0.1) is 11.8 Å². The standard InChI is InChI=1S/C12H19F6N/c1-2-19-9(7-8-5-3-4-6-8)10(11(13,14)15)12(16,17)18/h8-10,19H,2-7H2,1H3. The summed E-state index contributed by atoms with van der Waals surface area (Å²) in [5.74, 6) is -3.31. The van der Waals surface area contributed by atoms with Crippen LogP contribution in [-0.2, 0) is 0 Å². The van der Waals surface area contributed by atoms with E-state index in [-0.39, 0.29) is 18.9 Å². The monoisotopic (exact) mass is 291 g/mol. The van der Waals surface area contributed by atoms with Crippen molar-refractivity contribution in [2.24, 2.45) is 11.8 Å². The molecule has 1 aliphatic rings. The van der Waals surface area contributed by atoms with Crippen LogP contribution in [0.25, 0.3) is 0 Å². The van der Waals surface area contributed by atoms with Gasteiger partial charge in [-0.1, -0.05) is 32.6 Å². The molecular weight excluding hydrogens is 272 g/mol. The Morgan fingerprint density at radius 1 is 1.00 bits per heavy atom. The van der Waals surface area contributed by atoms with Crippen molar-refractivity contribution in [3.63, 3.8) is 0 Å². The van der Waals surface area contributed by atoms with Gasteiger partial charge in [0.05, 0.1) is 0 Å². The van der Waals surface area contributed by atoms with Crippen molar-refractivity contribution in [1.29, 1.82) is 0 Å². The van der Waals surface area contributed by atoms with Crippen molar-refractivity contribution in [2.45, 2.75) is 57.4 Å². The molecule has 1 nitrogen and oxygen atoms in total. The van der Waals surface area contributed by atoms with E-state index in [0.717, 1.165) is 25.7 Å². The molecule has 1 N–H and O–H groups in total. The number of hydrogen-bond donors (Lipinski definition) is 1. The molecule has 0 aliphatic heterocycles. The second-order valence-electron chi connectivity index (χ2n) is 5.11. The number of nitrogens with one attached hydrogen (secondary N) is 1. The summed E-state index contributed by atoms with van der Waals surface area (Å²) in [6, 6.07) is -1.58. The first-order valence-corrected chi connectivity index (χ1v) is 6.53. The molecule has 1 aliphatic carbocycles. The summed E-state index contributed by atoms with van der Waals surface area (Å²) in [5, 5.41) is 2.38. The summed E-state index contributed by atoms with van der Waals surface area (Å²) in [6.07, 6.45) is -7.34. The minimum absolute atomic E-state index is 0.0313. The summed E-state index contributed by atoms with van der Waals surface area (Å²) in [5.41, 5.74) is 0. The number of alkyl halides is 6. The zero-order chi connectivity index (χ0) is 14.7. The van der Waals surface area contributed by atoms with E-state index in [0.29, 0.717) is 0 Å². The maximum atomic E-state index is 12.7. The molecule has 0 aromatic heterocycles. The van der Waals surface area contributed by atoms with Gasteiger partial charge in [0, 0.05) is 6.04 Å². The highest BCUT2D eigenvalue weighted by atomic mass is 19.4. The summed E-state index contributed by atoms with van der Waals surface area (Å²) in [6.45, 7) is 1.62. The highest BCUT2D eigenvalue weighted by molar-refractivity contribution is 4.89. The van der Waals surface area contributed by atoms with Crippen molar-refractivity contribution >= 4 is 0 Å². The van der Waals surface area contributed by atoms with Gasteiger partial charge >= 0.3 is 12.4 Å². The second kappa shape index (κ2) is 6.33. The molecule has 0 spiro atoms. The topological polar surface area (TPSA) is 12.0 Å². The number of halogens is 6. The lowest BCUT2D eigenvalue weighted by Crippen LogP contribution is -2.51. The van der Waals surface area contributed by atoms with E-state index < -0.39 is 24.3 Å². The summed E-state index contributed by atoms with van der Waals surface area (Å²) in [4.78, 5) is 0. The molecule has 1 atom stereocenters. The molecule has 1 fully saturated rings. The Kier molecular flexibility index (Phi) is 5.53. The van der Waals surface area contributed by atoms with Gasteiger partial charge in [0.2, 0.25) is 0 Å². The Morgan fingerprint density at radius 3 is 1.84 bits per heavy atom. The Morgan fingerprint density at radius 2 is 1.47 bits per heavy atom. The first-order chi connectivity index (χ1) is 8.66. The van der Waals surface area contributed by atoms with Crippen LogP contribution < -0.4 is 5.32 Å². The number of rotatable bonds is 5. The molecule has 0 aromatic carbocycles. The average Bonchev–Trinajstić information content (AvgIpc) is 2.65. The van der Waals surface area contributed by atoms with Gasteiger partial charge in [-0.25, -0.2) is 0 Å². The van der Waals surface area contributed by atoms with E-state index in [4.69, 9.17) is 0 Å². The quantitative estimate of drug-likeness (QED) is 0.745. The number of hydrogen-bond acceptors (Lipinski definition) is 1. The van der Waals surface area contributed by atoms with Crippen molar-refractivity contribution in [2.75, 3.05) is 6.54 Å². The zero-order valence-corrected chi connectivity index (χ0v) is 10.7. The van der Waals surface area contributed by atoms with Crippen LogP contribution in [0.1, 0.15) is 39.0 Å². The third-order valence-corrected chi connectivity index (χ3v) is 3.64. The van der Waals surface area contributed by atoms with Gasteiger partial charge in [0.25, 0.3) is 0 Å². The Bertz CT molecular complexity index is 252. The highest BCUT2D eigenvalue weighted by Crippen LogP contribution is 2.44. The molecule has 114 valence electrons. The summed E-state index contributed by atoms with van der Waals surface area (Å²) >= 11 is 0. The van der Waals surface area contributed by atoms with Crippen LogP contribution >= 0.6 is 0 Å². The Labute approximate surface area is 108 Å². The van der Waals surface area contributed by atoms with Crippen LogP contribution in [0.2, 0.25) is 0 Å². The largest absolute Gasteiger partial charge is 0.401 e. The normalized spacial score (nSPS) is 20.2. The fourth-order valence-electron chi connectivity index (χ4n) is 2.85. The van der Waals surface area contributed by atoms with E-state index in [1.807, 2.05) is 0 Å². The lowest BCUT2D eigenvalue weighted by atomic mass is 9.88. The maximum absolute atomic E-state index is 12.7. The average molecular weight is 291 g/mol. The fourth-order valence-corrected chi connectivity index (χ4v) is 2.85. The van der Waals surface area contributed by atoms with Crippen LogP contribution in [0.15, 0.2) is 0 Å². The van der Waals surface area contributed by atoms with E-state index in [1.54, 1.807) is 0 Å². The third-order valence-electron chi connectivity index (χ3n) is 3.64. The minimum Gasteiger partial charge on any atom is -0.313 e. The van der Waals surface area contributed by atoms with Crippen LogP contribution in [0.3, 0.4) is 0 Å². The van der Waals surface area contributed by atoms with E-state index in [1.165, 1.54) is 6.92 Å². The van der Waals surface area contributed by atoms with Crippen LogP contribution in [0.5, 0.6) is 0 Å². The van der Waals surface area contributed by atoms with Gasteiger partial charge in [-0.05, 0) is 18.9 Å². The van der Waals surface area contributed by atoms with Gasteiger partial charge in [0.1, 0.15) is 0 Å². The predicted octanol–water partition coefficient (Wildman–Crippen LogP) is 4.29. The van der Waals surface area contributed by atoms with Gasteiger partial charge in [-0.2, -0.15) is 26.3 Å². The molecule has 0 aromatic rings. The Balaban J connectivity index is 2.84. The SMILES string of the molecule is CCNC(CC1CCCC1)C(C(F)(F)F)C(F)(F)F. The molecule has 0 saturated heterocycles. The van der Waals surface area contributed by atoms with E-state index in [9.17, 15) is 26.3 Å². The van der Waals surface area contributed by atoms with Gasteiger partial charge in [0.15, 0.2) is 5.92 Å². The zero-order valence-electron chi connectivity index (χ0n) is 10.7. The summed E-state index contributed by atoms with van der Waals surface area (Å²) in [7, 11) is 0. The summed E-state index contributed by atoms with van der Waals surface area (Å²) < 4.78 is 76.2. The molecule has 0 radical (unpaired) electrons. The molecule has 1 unspecified atom stereocenters. The third kappa shape index (κ3) is 4.85. The fraction of sp³-hybridized carbons (Fsp3) is 1.00. The van der Waals surface area contributed by atoms with Gasteiger partial charge < -0.3 is 5.32 Å². The minimum atomic E-state index is -5.26. The van der Waals surface area contributed by atoms with Crippen LogP contribution in [-0.4, -0.2) is 24.9 Å². The van der Waals surface area contributed by atoms with Crippen molar-refractivity contribution in [3.8, 4) is 0 Å². The lowest BCUT2D eigenvalue weighted by Gasteiger charge is -2.32. The molecular formula is C12H19F6N. The Hall–Kier alpha value is -0.460. The van der Waals surface area contributed by atoms with Crippen molar-refractivity contribution in [3.05, 3.63) is 0 Å². The molecule has 0 bridgehead atoms. The van der Waals surface area contributed by atoms with E-state index >= 15 is 0 Å². The second-order valence-corrected chi connectivity index (χ2v) is 5.11. The smallest absolute Gasteiger partial charge is 0.313 e. The highest BCUT2D eigenvalue weighted by Gasteiger charge is 2.60. The van der Waals surface area contributed by atoms with Gasteiger partial charge in [-0.15, -0.1) is 0 Å². The molecule has 1 saturated carbocycles.